The SMILES string of the molecule is CC(C)(c1ccc(O)cc1)c1ccc(OC(=O)CCCc2ccc3ccc4c5c3c2CC=C5C=CC4)cc1. The van der Waals surface area contributed by atoms with Crippen molar-refractivity contribution < 1.29 is 14.6 Å². The lowest BCUT2D eigenvalue weighted by Gasteiger charge is -2.26. The molecule has 0 radical (unpaired) electrons. The monoisotopic (exact) mass is 500 g/mol. The fraction of sp³-hybridized carbons (Fsp3) is 0.229. The molecule has 4 aromatic carbocycles. The van der Waals surface area contributed by atoms with E-state index in [2.05, 4.69) is 56.3 Å². The van der Waals surface area contributed by atoms with Crippen LogP contribution < -0.4 is 4.74 Å². The molecule has 4 aromatic rings. The number of phenolic OH excluding ortho intramolecular Hbond substituents is 1. The van der Waals surface area contributed by atoms with Crippen molar-refractivity contribution in [2.45, 2.75) is 51.4 Å². The Morgan fingerprint density at radius 1 is 0.895 bits per heavy atom. The van der Waals surface area contributed by atoms with E-state index in [1.54, 1.807) is 12.1 Å². The van der Waals surface area contributed by atoms with Gasteiger partial charge >= 0.3 is 5.97 Å². The number of phenols is 1. The van der Waals surface area contributed by atoms with Crippen molar-refractivity contribution in [1.29, 1.82) is 0 Å². The number of carbonyl (C=O) groups excluding carboxylic acids is 1. The van der Waals surface area contributed by atoms with Crippen LogP contribution in [0.15, 0.2) is 91.0 Å². The van der Waals surface area contributed by atoms with Gasteiger partial charge in [-0.05, 0) is 99.7 Å². The maximum absolute atomic E-state index is 12.6. The van der Waals surface area contributed by atoms with Gasteiger partial charge in [0, 0.05) is 11.8 Å². The summed E-state index contributed by atoms with van der Waals surface area (Å²) in [6.45, 7) is 4.28. The molecule has 0 heterocycles. The summed E-state index contributed by atoms with van der Waals surface area (Å²) in [4.78, 5) is 12.6. The second-order valence-corrected chi connectivity index (χ2v) is 10.9. The Morgan fingerprint density at radius 3 is 2.37 bits per heavy atom. The molecule has 6 rings (SSSR count). The Bertz CT molecular complexity index is 1590. The molecule has 0 saturated heterocycles. The van der Waals surface area contributed by atoms with Crippen LogP contribution >= 0.6 is 0 Å². The van der Waals surface area contributed by atoms with Gasteiger partial charge in [0.1, 0.15) is 11.5 Å². The smallest absolute Gasteiger partial charge is 0.311 e. The summed E-state index contributed by atoms with van der Waals surface area (Å²) in [6.07, 6.45) is 10.8. The van der Waals surface area contributed by atoms with Crippen molar-refractivity contribution >= 4 is 22.3 Å². The normalized spacial score (nSPS) is 13.9. The fourth-order valence-corrected chi connectivity index (χ4v) is 5.91. The van der Waals surface area contributed by atoms with Crippen LogP contribution in [0.1, 0.15) is 60.1 Å². The zero-order valence-corrected chi connectivity index (χ0v) is 22.0. The highest BCUT2D eigenvalue weighted by Gasteiger charge is 2.24. The van der Waals surface area contributed by atoms with Gasteiger partial charge in [0.25, 0.3) is 0 Å². The molecule has 190 valence electrons. The summed E-state index contributed by atoms with van der Waals surface area (Å²) in [5, 5.41) is 12.3. The first-order valence-corrected chi connectivity index (χ1v) is 13.4. The van der Waals surface area contributed by atoms with Gasteiger partial charge in [0.05, 0.1) is 0 Å². The minimum atomic E-state index is -0.234. The van der Waals surface area contributed by atoms with E-state index in [1.807, 2.05) is 36.4 Å². The third-order valence-electron chi connectivity index (χ3n) is 8.15. The second-order valence-electron chi connectivity index (χ2n) is 10.9. The Labute approximate surface area is 224 Å². The topological polar surface area (TPSA) is 46.5 Å². The van der Waals surface area contributed by atoms with Crippen molar-refractivity contribution in [2.24, 2.45) is 0 Å². The van der Waals surface area contributed by atoms with Crippen LogP contribution in [0, 0.1) is 0 Å². The van der Waals surface area contributed by atoms with E-state index >= 15 is 0 Å². The van der Waals surface area contributed by atoms with Gasteiger partial charge in [0.2, 0.25) is 0 Å². The summed E-state index contributed by atoms with van der Waals surface area (Å²) in [5.41, 5.74) is 8.90. The van der Waals surface area contributed by atoms with Crippen LogP contribution in [0.25, 0.3) is 16.3 Å². The van der Waals surface area contributed by atoms with Crippen molar-refractivity contribution in [1.82, 2.24) is 0 Å². The van der Waals surface area contributed by atoms with Crippen LogP contribution in [-0.2, 0) is 29.5 Å². The molecule has 0 fully saturated rings. The number of carbonyl (C=O) groups is 1. The van der Waals surface area contributed by atoms with Crippen molar-refractivity contribution in [3.05, 3.63) is 124 Å². The third kappa shape index (κ3) is 4.43. The number of ether oxygens (including phenoxy) is 1. The van der Waals surface area contributed by atoms with Gasteiger partial charge in [-0.1, -0.05) is 80.6 Å². The Morgan fingerprint density at radius 2 is 1.61 bits per heavy atom. The van der Waals surface area contributed by atoms with E-state index in [9.17, 15) is 9.90 Å². The minimum Gasteiger partial charge on any atom is -0.508 e. The molecule has 0 aliphatic heterocycles. The van der Waals surface area contributed by atoms with Gasteiger partial charge in [-0.15, -0.1) is 0 Å². The van der Waals surface area contributed by atoms with Gasteiger partial charge in [0.15, 0.2) is 0 Å². The first kappa shape index (κ1) is 24.2. The molecule has 0 bridgehead atoms. The molecule has 38 heavy (non-hydrogen) atoms. The second kappa shape index (κ2) is 9.64. The van der Waals surface area contributed by atoms with Crippen LogP contribution in [0.2, 0.25) is 0 Å². The Kier molecular flexibility index (Phi) is 6.15. The van der Waals surface area contributed by atoms with E-state index in [-0.39, 0.29) is 17.1 Å². The highest BCUT2D eigenvalue weighted by atomic mass is 16.5. The number of aromatic hydroxyl groups is 1. The van der Waals surface area contributed by atoms with Gasteiger partial charge in [-0.3, -0.25) is 4.79 Å². The number of hydrogen-bond donors (Lipinski definition) is 1. The van der Waals surface area contributed by atoms with E-state index < -0.39 is 0 Å². The lowest BCUT2D eigenvalue weighted by molar-refractivity contribution is -0.134. The van der Waals surface area contributed by atoms with Crippen molar-refractivity contribution in [2.75, 3.05) is 0 Å². The molecule has 2 aliphatic rings. The summed E-state index contributed by atoms with van der Waals surface area (Å²) in [7, 11) is 0. The average Bonchev–Trinajstić information content (AvgIpc) is 2.93. The largest absolute Gasteiger partial charge is 0.508 e. The van der Waals surface area contributed by atoms with E-state index in [1.165, 1.54) is 38.6 Å². The van der Waals surface area contributed by atoms with Crippen LogP contribution in [0.3, 0.4) is 0 Å². The first-order chi connectivity index (χ1) is 18.4. The minimum absolute atomic E-state index is 0.199. The molecule has 0 aromatic heterocycles. The summed E-state index contributed by atoms with van der Waals surface area (Å²) < 4.78 is 5.66. The number of esters is 1. The predicted molar refractivity (Wildman–Crippen MR) is 154 cm³/mol. The fourth-order valence-electron chi connectivity index (χ4n) is 5.91. The first-order valence-electron chi connectivity index (χ1n) is 13.4. The number of benzene rings is 4. The quantitative estimate of drug-likeness (QED) is 0.208. The van der Waals surface area contributed by atoms with Gasteiger partial charge in [-0.25, -0.2) is 0 Å². The van der Waals surface area contributed by atoms with Crippen molar-refractivity contribution in [3.63, 3.8) is 0 Å². The Balaban J connectivity index is 1.10. The lowest BCUT2D eigenvalue weighted by Crippen LogP contribution is -2.18. The van der Waals surface area contributed by atoms with Crippen LogP contribution in [-0.4, -0.2) is 11.1 Å². The molecular weight excluding hydrogens is 468 g/mol. The molecule has 1 N–H and O–H groups in total. The maximum Gasteiger partial charge on any atom is 0.311 e. The zero-order valence-electron chi connectivity index (χ0n) is 22.0. The summed E-state index contributed by atoms with van der Waals surface area (Å²) in [6, 6.07) is 24.0. The molecule has 0 amide bonds. The molecule has 0 spiro atoms. The number of aryl methyl sites for hydroxylation is 1. The molecule has 0 atom stereocenters. The number of hydrogen-bond acceptors (Lipinski definition) is 3. The number of allylic oxidation sites excluding steroid dienone is 4. The zero-order chi connectivity index (χ0) is 26.3. The predicted octanol–water partition coefficient (Wildman–Crippen LogP) is 7.85. The van der Waals surface area contributed by atoms with Crippen molar-refractivity contribution in [3.8, 4) is 11.5 Å². The molecular formula is C35H32O3. The van der Waals surface area contributed by atoms with Crippen LogP contribution in [0.5, 0.6) is 11.5 Å². The summed E-state index contributed by atoms with van der Waals surface area (Å²) >= 11 is 0. The van der Waals surface area contributed by atoms with E-state index in [0.717, 1.165) is 36.8 Å². The van der Waals surface area contributed by atoms with E-state index in [4.69, 9.17) is 4.74 Å². The molecule has 2 aliphatic carbocycles. The Hall–Kier alpha value is -4.11. The lowest BCUT2D eigenvalue weighted by atomic mass is 9.78. The number of rotatable bonds is 7. The standard InChI is InChI=1S/C35H32O3/c1-35(2,27-14-18-29(36)19-15-27)28-16-20-30(21-17-28)38-32(37)8-4-5-23-9-10-26-12-11-24-6-3-7-25-13-22-31(23)34(26)33(24)25/h3,7,9-21,36H,4-6,8,22H2,1-2H3. The highest BCUT2D eigenvalue weighted by Crippen LogP contribution is 2.40. The third-order valence-corrected chi connectivity index (χ3v) is 8.15. The summed E-state index contributed by atoms with van der Waals surface area (Å²) in [5.74, 6) is 0.627. The maximum atomic E-state index is 12.6. The molecule has 3 nitrogen and oxygen atoms in total. The molecule has 3 heteroatoms. The van der Waals surface area contributed by atoms with Crippen LogP contribution in [0.4, 0.5) is 0 Å². The van der Waals surface area contributed by atoms with E-state index in [0.29, 0.717) is 12.2 Å². The van der Waals surface area contributed by atoms with Gasteiger partial charge in [-0.2, -0.15) is 0 Å². The average molecular weight is 501 g/mol. The molecule has 0 unspecified atom stereocenters. The van der Waals surface area contributed by atoms with Gasteiger partial charge < -0.3 is 9.84 Å². The highest BCUT2D eigenvalue weighted by molar-refractivity contribution is 6.02. The molecule has 0 saturated carbocycles.